The molecule has 0 radical (unpaired) electrons. The Kier molecular flexibility index (Phi) is 3.21. The summed E-state index contributed by atoms with van der Waals surface area (Å²) in [7, 11) is 0. The van der Waals surface area contributed by atoms with Crippen LogP contribution >= 0.6 is 0 Å². The average molecular weight is 216 g/mol. The molecule has 2 saturated heterocycles. The van der Waals surface area contributed by atoms with Crippen molar-refractivity contribution in [3.8, 4) is 0 Å². The molecule has 0 bridgehead atoms. The van der Waals surface area contributed by atoms with E-state index in [9.17, 15) is 9.18 Å². The summed E-state index contributed by atoms with van der Waals surface area (Å²) in [5.41, 5.74) is -1.69. The lowest BCUT2D eigenvalue weighted by Gasteiger charge is -2.34. The average Bonchev–Trinajstić information content (AvgIpc) is 2.24. The summed E-state index contributed by atoms with van der Waals surface area (Å²) in [4.78, 5) is 11.4. The van der Waals surface area contributed by atoms with Gasteiger partial charge in [0.15, 0.2) is 0 Å². The van der Waals surface area contributed by atoms with E-state index < -0.39 is 11.6 Å². The van der Waals surface area contributed by atoms with E-state index in [1.807, 2.05) is 0 Å². The third-order valence-electron chi connectivity index (χ3n) is 2.98. The largest absolute Gasteiger partial charge is 0.376 e. The summed E-state index contributed by atoms with van der Waals surface area (Å²) >= 11 is 0. The fourth-order valence-electron chi connectivity index (χ4n) is 1.84. The number of amides is 1. The number of alkyl halides is 1. The van der Waals surface area contributed by atoms with Crippen molar-refractivity contribution in [2.75, 3.05) is 26.2 Å². The zero-order valence-electron chi connectivity index (χ0n) is 8.72. The van der Waals surface area contributed by atoms with Crippen molar-refractivity contribution < 1.29 is 13.9 Å². The van der Waals surface area contributed by atoms with Gasteiger partial charge in [0, 0.05) is 26.2 Å². The highest BCUT2D eigenvalue weighted by Crippen LogP contribution is 2.17. The van der Waals surface area contributed by atoms with Crippen molar-refractivity contribution in [2.24, 2.45) is 0 Å². The molecule has 1 atom stereocenters. The minimum Gasteiger partial charge on any atom is -0.376 e. The second-order valence-electron chi connectivity index (χ2n) is 4.27. The molecule has 1 unspecified atom stereocenters. The van der Waals surface area contributed by atoms with Crippen LogP contribution in [0.4, 0.5) is 4.39 Å². The van der Waals surface area contributed by atoms with E-state index in [2.05, 4.69) is 10.6 Å². The van der Waals surface area contributed by atoms with Gasteiger partial charge in [0.25, 0.3) is 5.91 Å². The quantitative estimate of drug-likeness (QED) is 0.697. The van der Waals surface area contributed by atoms with Crippen molar-refractivity contribution in [3.63, 3.8) is 0 Å². The van der Waals surface area contributed by atoms with Crippen molar-refractivity contribution in [2.45, 2.75) is 31.0 Å². The van der Waals surface area contributed by atoms with Gasteiger partial charge in [-0.05, 0) is 19.3 Å². The molecule has 1 amide bonds. The maximum atomic E-state index is 13.5. The van der Waals surface area contributed by atoms with Crippen LogP contribution in [0.2, 0.25) is 0 Å². The van der Waals surface area contributed by atoms with Gasteiger partial charge < -0.3 is 15.4 Å². The molecule has 4 nitrogen and oxygen atoms in total. The first-order chi connectivity index (χ1) is 7.21. The molecule has 15 heavy (non-hydrogen) atoms. The van der Waals surface area contributed by atoms with Gasteiger partial charge in [-0.1, -0.05) is 0 Å². The maximum Gasteiger partial charge on any atom is 0.260 e. The molecule has 2 rings (SSSR count). The van der Waals surface area contributed by atoms with E-state index >= 15 is 0 Å². The lowest BCUT2D eigenvalue weighted by atomic mass is 9.98. The topological polar surface area (TPSA) is 50.4 Å². The van der Waals surface area contributed by atoms with Crippen LogP contribution in [-0.4, -0.2) is 43.9 Å². The Morgan fingerprint density at radius 3 is 2.87 bits per heavy atom. The number of ether oxygens (including phenoxy) is 1. The number of carbonyl (C=O) groups excluding carboxylic acids is 1. The molecule has 0 aromatic carbocycles. The minimum atomic E-state index is -1.69. The van der Waals surface area contributed by atoms with Gasteiger partial charge in [-0.2, -0.15) is 0 Å². The number of hydrogen-bond acceptors (Lipinski definition) is 3. The highest BCUT2D eigenvalue weighted by atomic mass is 19.1. The van der Waals surface area contributed by atoms with Gasteiger partial charge in [0.2, 0.25) is 5.67 Å². The number of carbonyl (C=O) groups is 1. The van der Waals surface area contributed by atoms with Gasteiger partial charge in [0.1, 0.15) is 0 Å². The standard InChI is InChI=1S/C10H17FN2O2/c11-10(6-12-7-10)9(14)13-5-8-3-1-2-4-15-8/h8,12H,1-7H2,(H,13,14). The fraction of sp³-hybridized carbons (Fsp3) is 0.900. The molecule has 0 spiro atoms. The van der Waals surface area contributed by atoms with Gasteiger partial charge in [-0.25, -0.2) is 4.39 Å². The Labute approximate surface area is 88.6 Å². The molecule has 2 fully saturated rings. The summed E-state index contributed by atoms with van der Waals surface area (Å²) < 4.78 is 19.0. The molecule has 0 saturated carbocycles. The molecule has 0 aliphatic carbocycles. The monoisotopic (exact) mass is 216 g/mol. The lowest BCUT2D eigenvalue weighted by molar-refractivity contribution is -0.136. The number of rotatable bonds is 3. The van der Waals surface area contributed by atoms with Gasteiger partial charge in [-0.15, -0.1) is 0 Å². The van der Waals surface area contributed by atoms with E-state index in [1.54, 1.807) is 0 Å². The second-order valence-corrected chi connectivity index (χ2v) is 4.27. The molecule has 0 aromatic heterocycles. The smallest absolute Gasteiger partial charge is 0.260 e. The molecular weight excluding hydrogens is 199 g/mol. The van der Waals surface area contributed by atoms with E-state index in [-0.39, 0.29) is 19.2 Å². The number of nitrogens with one attached hydrogen (secondary N) is 2. The first-order valence-corrected chi connectivity index (χ1v) is 5.50. The third-order valence-corrected chi connectivity index (χ3v) is 2.98. The summed E-state index contributed by atoms with van der Waals surface area (Å²) in [6.07, 6.45) is 3.24. The maximum absolute atomic E-state index is 13.5. The van der Waals surface area contributed by atoms with E-state index in [1.165, 1.54) is 0 Å². The predicted molar refractivity (Wildman–Crippen MR) is 53.3 cm³/mol. The minimum absolute atomic E-state index is 0.0688. The van der Waals surface area contributed by atoms with Crippen LogP contribution in [0.15, 0.2) is 0 Å². The molecule has 2 heterocycles. The third kappa shape index (κ3) is 2.46. The molecule has 2 aliphatic rings. The first kappa shape index (κ1) is 10.8. The molecule has 86 valence electrons. The van der Waals surface area contributed by atoms with Gasteiger partial charge in [-0.3, -0.25) is 4.79 Å². The highest BCUT2D eigenvalue weighted by molar-refractivity contribution is 5.86. The Morgan fingerprint density at radius 2 is 2.33 bits per heavy atom. The fourth-order valence-corrected chi connectivity index (χ4v) is 1.84. The van der Waals surface area contributed by atoms with Crippen molar-refractivity contribution in [1.29, 1.82) is 0 Å². The predicted octanol–water partition coefficient (Wildman–Crippen LogP) is -0.0168. The van der Waals surface area contributed by atoms with Crippen LogP contribution in [0.5, 0.6) is 0 Å². The molecular formula is C10H17FN2O2. The summed E-state index contributed by atoms with van der Waals surface area (Å²) in [5, 5.41) is 5.37. The van der Waals surface area contributed by atoms with Crippen molar-refractivity contribution in [3.05, 3.63) is 0 Å². The van der Waals surface area contributed by atoms with E-state index in [0.717, 1.165) is 25.9 Å². The van der Waals surface area contributed by atoms with Crippen LogP contribution in [0, 0.1) is 0 Å². The van der Waals surface area contributed by atoms with Crippen LogP contribution < -0.4 is 10.6 Å². The lowest BCUT2D eigenvalue weighted by Crippen LogP contribution is -2.64. The summed E-state index contributed by atoms with van der Waals surface area (Å²) in [5.74, 6) is -0.504. The number of hydrogen-bond donors (Lipinski definition) is 2. The zero-order valence-corrected chi connectivity index (χ0v) is 8.72. The summed E-state index contributed by atoms with van der Waals surface area (Å²) in [6, 6.07) is 0. The second kappa shape index (κ2) is 4.45. The van der Waals surface area contributed by atoms with Crippen LogP contribution in [0.1, 0.15) is 19.3 Å². The Bertz CT molecular complexity index is 238. The van der Waals surface area contributed by atoms with Crippen molar-refractivity contribution in [1.82, 2.24) is 10.6 Å². The highest BCUT2D eigenvalue weighted by Gasteiger charge is 2.44. The van der Waals surface area contributed by atoms with Crippen LogP contribution in [0.25, 0.3) is 0 Å². The van der Waals surface area contributed by atoms with Crippen LogP contribution in [-0.2, 0) is 9.53 Å². The van der Waals surface area contributed by atoms with Crippen molar-refractivity contribution >= 4 is 5.91 Å². The molecule has 2 aliphatic heterocycles. The zero-order chi connectivity index (χ0) is 10.7. The van der Waals surface area contributed by atoms with E-state index in [0.29, 0.717) is 6.54 Å². The Balaban J connectivity index is 1.70. The van der Waals surface area contributed by atoms with Crippen LogP contribution in [0.3, 0.4) is 0 Å². The van der Waals surface area contributed by atoms with Gasteiger partial charge >= 0.3 is 0 Å². The molecule has 5 heteroatoms. The SMILES string of the molecule is O=C(NCC1CCCCO1)C1(F)CNC1. The van der Waals surface area contributed by atoms with Gasteiger partial charge in [0.05, 0.1) is 6.10 Å². The number of halogens is 1. The molecule has 2 N–H and O–H groups in total. The Morgan fingerprint density at radius 1 is 1.53 bits per heavy atom. The summed E-state index contributed by atoms with van der Waals surface area (Å²) in [6.45, 7) is 1.45. The normalized spacial score (nSPS) is 29.3. The Hall–Kier alpha value is -0.680. The first-order valence-electron chi connectivity index (χ1n) is 5.50. The molecule has 0 aromatic rings. The van der Waals surface area contributed by atoms with E-state index in [4.69, 9.17) is 4.74 Å².